The molecular weight excluding hydrogens is 415 g/mol. The molecule has 0 aliphatic rings. The van der Waals surface area contributed by atoms with Gasteiger partial charge in [-0.2, -0.15) is 0 Å². The Kier molecular flexibility index (Phi) is 6.59. The van der Waals surface area contributed by atoms with Crippen molar-refractivity contribution in [3.8, 4) is 5.75 Å². The molecule has 0 bridgehead atoms. The van der Waals surface area contributed by atoms with E-state index in [9.17, 15) is 0 Å². The SMILES string of the molecule is COc1ccc(CC(CBr)Cc2cccc(Cl)c2)cc1Br. The van der Waals surface area contributed by atoms with Gasteiger partial charge in [-0.1, -0.05) is 45.7 Å². The van der Waals surface area contributed by atoms with E-state index in [-0.39, 0.29) is 0 Å². The number of alkyl halides is 1. The molecule has 0 fully saturated rings. The van der Waals surface area contributed by atoms with Gasteiger partial charge in [0.25, 0.3) is 0 Å². The zero-order valence-electron chi connectivity index (χ0n) is 11.8. The van der Waals surface area contributed by atoms with Crippen molar-refractivity contribution in [2.45, 2.75) is 12.8 Å². The van der Waals surface area contributed by atoms with E-state index in [1.165, 1.54) is 11.1 Å². The van der Waals surface area contributed by atoms with Crippen LogP contribution in [0.3, 0.4) is 0 Å². The van der Waals surface area contributed by atoms with Gasteiger partial charge in [0.2, 0.25) is 0 Å². The maximum atomic E-state index is 6.05. The Morgan fingerprint density at radius 1 is 1.10 bits per heavy atom. The summed E-state index contributed by atoms with van der Waals surface area (Å²) in [7, 11) is 1.68. The Balaban J connectivity index is 2.07. The highest BCUT2D eigenvalue weighted by Gasteiger charge is 2.11. The minimum absolute atomic E-state index is 0.531. The number of hydrogen-bond acceptors (Lipinski definition) is 1. The van der Waals surface area contributed by atoms with Crippen molar-refractivity contribution in [3.63, 3.8) is 0 Å². The van der Waals surface area contributed by atoms with Crippen LogP contribution < -0.4 is 4.74 Å². The molecule has 0 N–H and O–H groups in total. The van der Waals surface area contributed by atoms with E-state index in [0.29, 0.717) is 5.92 Å². The predicted molar refractivity (Wildman–Crippen MR) is 96.8 cm³/mol. The molecule has 2 rings (SSSR count). The van der Waals surface area contributed by atoms with Crippen molar-refractivity contribution in [3.05, 3.63) is 63.1 Å². The smallest absolute Gasteiger partial charge is 0.133 e. The monoisotopic (exact) mass is 430 g/mol. The first kappa shape index (κ1) is 16.9. The fourth-order valence-corrected chi connectivity index (χ4v) is 3.61. The molecule has 0 aliphatic heterocycles. The molecule has 2 aromatic rings. The van der Waals surface area contributed by atoms with Gasteiger partial charge in [-0.3, -0.25) is 0 Å². The van der Waals surface area contributed by atoms with E-state index in [2.05, 4.69) is 50.1 Å². The van der Waals surface area contributed by atoms with Crippen LogP contribution in [0.4, 0.5) is 0 Å². The lowest BCUT2D eigenvalue weighted by Gasteiger charge is -2.15. The maximum absolute atomic E-state index is 6.05. The van der Waals surface area contributed by atoms with Crippen LogP contribution in [0.5, 0.6) is 5.75 Å². The molecule has 1 unspecified atom stereocenters. The summed E-state index contributed by atoms with van der Waals surface area (Å²) in [6.45, 7) is 0. The van der Waals surface area contributed by atoms with Crippen LogP contribution in [0.25, 0.3) is 0 Å². The third-order valence-electron chi connectivity index (χ3n) is 3.37. The summed E-state index contributed by atoms with van der Waals surface area (Å²) in [6.07, 6.45) is 2.02. The molecule has 0 amide bonds. The first-order chi connectivity index (χ1) is 10.1. The van der Waals surface area contributed by atoms with Gasteiger partial charge < -0.3 is 4.74 Å². The quantitative estimate of drug-likeness (QED) is 0.516. The molecule has 1 atom stereocenters. The Morgan fingerprint density at radius 3 is 2.38 bits per heavy atom. The van der Waals surface area contributed by atoms with E-state index < -0.39 is 0 Å². The van der Waals surface area contributed by atoms with E-state index in [0.717, 1.165) is 33.4 Å². The van der Waals surface area contributed by atoms with Gasteiger partial charge in [-0.25, -0.2) is 0 Å². The Morgan fingerprint density at radius 2 is 1.81 bits per heavy atom. The van der Waals surface area contributed by atoms with Crippen molar-refractivity contribution in [1.29, 1.82) is 0 Å². The van der Waals surface area contributed by atoms with Crippen LogP contribution in [-0.2, 0) is 12.8 Å². The van der Waals surface area contributed by atoms with Gasteiger partial charge in [0.1, 0.15) is 5.75 Å². The normalized spacial score (nSPS) is 12.2. The highest BCUT2D eigenvalue weighted by atomic mass is 79.9. The number of methoxy groups -OCH3 is 1. The van der Waals surface area contributed by atoms with Crippen LogP contribution in [-0.4, -0.2) is 12.4 Å². The lowest BCUT2D eigenvalue weighted by atomic mass is 9.94. The van der Waals surface area contributed by atoms with Gasteiger partial charge in [-0.05, 0) is 70.1 Å². The van der Waals surface area contributed by atoms with Crippen LogP contribution in [0.2, 0.25) is 5.02 Å². The minimum Gasteiger partial charge on any atom is -0.496 e. The summed E-state index contributed by atoms with van der Waals surface area (Å²) in [5.74, 6) is 1.40. The number of ether oxygens (including phenoxy) is 1. The number of rotatable bonds is 6. The van der Waals surface area contributed by atoms with Gasteiger partial charge in [0.15, 0.2) is 0 Å². The largest absolute Gasteiger partial charge is 0.496 e. The molecule has 4 heteroatoms. The summed E-state index contributed by atoms with van der Waals surface area (Å²) in [5, 5.41) is 1.76. The van der Waals surface area contributed by atoms with Crippen LogP contribution in [0.15, 0.2) is 46.9 Å². The predicted octanol–water partition coefficient (Wildman–Crippen LogP) is 5.91. The lowest BCUT2D eigenvalue weighted by molar-refractivity contribution is 0.412. The molecule has 0 spiro atoms. The number of halogens is 3. The number of benzene rings is 2. The average molecular weight is 433 g/mol. The van der Waals surface area contributed by atoms with Crippen LogP contribution in [0, 0.1) is 5.92 Å². The third-order valence-corrected chi connectivity index (χ3v) is 5.14. The molecule has 0 saturated carbocycles. The van der Waals surface area contributed by atoms with Crippen molar-refractivity contribution in [2.75, 3.05) is 12.4 Å². The van der Waals surface area contributed by atoms with E-state index >= 15 is 0 Å². The molecule has 0 radical (unpaired) electrons. The fraction of sp³-hybridized carbons (Fsp3) is 0.294. The van der Waals surface area contributed by atoms with Gasteiger partial charge in [0.05, 0.1) is 11.6 Å². The summed E-state index contributed by atoms with van der Waals surface area (Å²) in [5.41, 5.74) is 2.58. The molecule has 0 aromatic heterocycles. The summed E-state index contributed by atoms with van der Waals surface area (Å²) >= 11 is 13.2. The Hall–Kier alpha value is -0.510. The Bertz CT molecular complexity index is 601. The second-order valence-corrected chi connectivity index (χ2v) is 6.97. The first-order valence-electron chi connectivity index (χ1n) is 6.75. The molecule has 0 aliphatic carbocycles. The summed E-state index contributed by atoms with van der Waals surface area (Å²) in [6, 6.07) is 14.3. The molecular formula is C17H17Br2ClO. The van der Waals surface area contributed by atoms with Crippen molar-refractivity contribution < 1.29 is 4.74 Å². The second kappa shape index (κ2) is 8.21. The van der Waals surface area contributed by atoms with Crippen molar-refractivity contribution in [2.24, 2.45) is 5.92 Å². The number of hydrogen-bond donors (Lipinski definition) is 0. The van der Waals surface area contributed by atoms with E-state index in [1.54, 1.807) is 7.11 Å². The summed E-state index contributed by atoms with van der Waals surface area (Å²) < 4.78 is 6.27. The molecule has 2 aromatic carbocycles. The third kappa shape index (κ3) is 5.01. The second-order valence-electron chi connectivity index (χ2n) is 5.03. The average Bonchev–Trinajstić information content (AvgIpc) is 2.47. The van der Waals surface area contributed by atoms with Gasteiger partial charge >= 0.3 is 0 Å². The Labute approximate surface area is 147 Å². The molecule has 0 saturated heterocycles. The van der Waals surface area contributed by atoms with Crippen LogP contribution in [0.1, 0.15) is 11.1 Å². The highest BCUT2D eigenvalue weighted by Crippen LogP contribution is 2.27. The van der Waals surface area contributed by atoms with Crippen LogP contribution >= 0.6 is 43.5 Å². The highest BCUT2D eigenvalue weighted by molar-refractivity contribution is 9.10. The molecule has 1 nitrogen and oxygen atoms in total. The zero-order chi connectivity index (χ0) is 15.2. The van der Waals surface area contributed by atoms with Gasteiger partial charge in [-0.15, -0.1) is 0 Å². The fourth-order valence-electron chi connectivity index (χ4n) is 2.35. The molecule has 112 valence electrons. The van der Waals surface area contributed by atoms with Gasteiger partial charge in [0, 0.05) is 10.4 Å². The summed E-state index contributed by atoms with van der Waals surface area (Å²) in [4.78, 5) is 0. The lowest BCUT2D eigenvalue weighted by Crippen LogP contribution is -2.10. The maximum Gasteiger partial charge on any atom is 0.133 e. The molecule has 21 heavy (non-hydrogen) atoms. The minimum atomic E-state index is 0.531. The van der Waals surface area contributed by atoms with E-state index in [4.69, 9.17) is 16.3 Å². The topological polar surface area (TPSA) is 9.23 Å². The standard InChI is InChI=1S/C17H17Br2ClO/c1-21-17-6-5-13(10-16(17)19)8-14(11-18)7-12-3-2-4-15(20)9-12/h2-6,9-10,14H,7-8,11H2,1H3. The van der Waals surface area contributed by atoms with Crippen molar-refractivity contribution in [1.82, 2.24) is 0 Å². The van der Waals surface area contributed by atoms with E-state index in [1.807, 2.05) is 24.3 Å². The molecule has 0 heterocycles. The first-order valence-corrected chi connectivity index (χ1v) is 9.04. The zero-order valence-corrected chi connectivity index (χ0v) is 15.7. The van der Waals surface area contributed by atoms with Crippen molar-refractivity contribution >= 4 is 43.5 Å².